The molecule has 4 heteroatoms. The molecule has 26 heavy (non-hydrogen) atoms. The molecule has 4 nitrogen and oxygen atoms in total. The van der Waals surface area contributed by atoms with Crippen LogP contribution < -0.4 is 0 Å². The first-order valence-electron chi connectivity index (χ1n) is 9.38. The lowest BCUT2D eigenvalue weighted by atomic mass is 10.0. The number of nitrogens with zero attached hydrogens (tertiary/aromatic N) is 4. The van der Waals surface area contributed by atoms with Crippen LogP contribution in [-0.4, -0.2) is 39.6 Å². The first-order chi connectivity index (χ1) is 12.6. The fourth-order valence-electron chi connectivity index (χ4n) is 4.01. The number of fused-ring (bicyclic) bond motifs is 1. The fourth-order valence-corrected chi connectivity index (χ4v) is 4.01. The summed E-state index contributed by atoms with van der Waals surface area (Å²) in [6.45, 7) is 6.81. The SMILES string of the molecule is Cc1cc(/C=C/c2cnc3ccccc3n2)c(C)n1C1CCN(C)CC1. The van der Waals surface area contributed by atoms with Crippen molar-refractivity contribution in [1.29, 1.82) is 0 Å². The van der Waals surface area contributed by atoms with Crippen LogP contribution in [0.5, 0.6) is 0 Å². The second-order valence-electron chi connectivity index (χ2n) is 7.35. The Hall–Kier alpha value is -2.46. The summed E-state index contributed by atoms with van der Waals surface area (Å²) in [5.41, 5.74) is 6.74. The summed E-state index contributed by atoms with van der Waals surface area (Å²) < 4.78 is 2.53. The van der Waals surface area contributed by atoms with Crippen LogP contribution in [0.15, 0.2) is 36.5 Å². The Kier molecular flexibility index (Phi) is 4.60. The Balaban J connectivity index is 1.59. The molecule has 0 amide bonds. The molecule has 134 valence electrons. The van der Waals surface area contributed by atoms with Gasteiger partial charge >= 0.3 is 0 Å². The molecule has 0 aliphatic carbocycles. The summed E-state index contributed by atoms with van der Waals surface area (Å²) in [6, 6.07) is 10.9. The Morgan fingerprint density at radius 3 is 2.54 bits per heavy atom. The number of hydrogen-bond donors (Lipinski definition) is 0. The molecule has 0 saturated carbocycles. The molecule has 4 rings (SSSR count). The van der Waals surface area contributed by atoms with Crippen molar-refractivity contribution in [3.63, 3.8) is 0 Å². The van der Waals surface area contributed by atoms with E-state index in [9.17, 15) is 0 Å². The summed E-state index contributed by atoms with van der Waals surface area (Å²) in [5.74, 6) is 0. The molecule has 0 atom stereocenters. The minimum absolute atomic E-state index is 0.619. The number of likely N-dealkylation sites (tertiary alicyclic amines) is 1. The summed E-state index contributed by atoms with van der Waals surface area (Å²) in [7, 11) is 2.21. The Bertz CT molecular complexity index is 946. The van der Waals surface area contributed by atoms with Crippen molar-refractivity contribution in [1.82, 2.24) is 19.4 Å². The van der Waals surface area contributed by atoms with Crippen molar-refractivity contribution in [3.8, 4) is 0 Å². The van der Waals surface area contributed by atoms with E-state index in [0.29, 0.717) is 6.04 Å². The molecule has 1 aromatic carbocycles. The van der Waals surface area contributed by atoms with Crippen LogP contribution in [0.1, 0.15) is 41.5 Å². The van der Waals surface area contributed by atoms with Gasteiger partial charge in [0.15, 0.2) is 0 Å². The number of aryl methyl sites for hydroxylation is 1. The third-order valence-corrected chi connectivity index (χ3v) is 5.48. The lowest BCUT2D eigenvalue weighted by Crippen LogP contribution is -2.32. The number of para-hydroxylation sites is 2. The normalized spacial score (nSPS) is 16.7. The number of aromatic nitrogens is 3. The highest BCUT2D eigenvalue weighted by Crippen LogP contribution is 2.28. The largest absolute Gasteiger partial charge is 0.345 e. The highest BCUT2D eigenvalue weighted by atomic mass is 15.1. The van der Waals surface area contributed by atoms with Gasteiger partial charge in [0.25, 0.3) is 0 Å². The molecular formula is C22H26N4. The number of benzene rings is 1. The molecule has 3 aromatic rings. The molecule has 1 aliphatic heterocycles. The standard InChI is InChI=1S/C22H26N4/c1-16-14-18(17(2)26(16)20-10-12-25(3)13-11-20)8-9-19-15-23-21-6-4-5-7-22(21)24-19/h4-9,14-15,20H,10-13H2,1-3H3/b9-8+. The Labute approximate surface area is 155 Å². The van der Waals surface area contributed by atoms with E-state index in [1.165, 1.54) is 42.9 Å². The van der Waals surface area contributed by atoms with Gasteiger partial charge < -0.3 is 9.47 Å². The van der Waals surface area contributed by atoms with E-state index in [0.717, 1.165) is 16.7 Å². The highest BCUT2D eigenvalue weighted by molar-refractivity contribution is 5.77. The quantitative estimate of drug-likeness (QED) is 0.701. The van der Waals surface area contributed by atoms with Gasteiger partial charge in [0, 0.05) is 17.4 Å². The molecule has 0 unspecified atom stereocenters. The van der Waals surface area contributed by atoms with Gasteiger partial charge in [0.2, 0.25) is 0 Å². The smallest absolute Gasteiger partial charge is 0.0894 e. The second kappa shape index (κ2) is 7.04. The first-order valence-corrected chi connectivity index (χ1v) is 9.38. The molecule has 0 radical (unpaired) electrons. The van der Waals surface area contributed by atoms with Gasteiger partial charge in [0.05, 0.1) is 22.9 Å². The van der Waals surface area contributed by atoms with Crippen LogP contribution in [0.2, 0.25) is 0 Å². The van der Waals surface area contributed by atoms with Crippen LogP contribution in [-0.2, 0) is 0 Å². The van der Waals surface area contributed by atoms with Crippen LogP contribution in [0.25, 0.3) is 23.2 Å². The Morgan fingerprint density at radius 2 is 1.77 bits per heavy atom. The maximum absolute atomic E-state index is 4.69. The van der Waals surface area contributed by atoms with Crippen molar-refractivity contribution in [2.24, 2.45) is 0 Å². The topological polar surface area (TPSA) is 34.0 Å². The van der Waals surface area contributed by atoms with E-state index >= 15 is 0 Å². The zero-order chi connectivity index (χ0) is 18.1. The van der Waals surface area contributed by atoms with Gasteiger partial charge in [-0.05, 0) is 76.7 Å². The molecule has 0 N–H and O–H groups in total. The lowest BCUT2D eigenvalue weighted by Gasteiger charge is -2.31. The highest BCUT2D eigenvalue weighted by Gasteiger charge is 2.21. The predicted molar refractivity (Wildman–Crippen MR) is 108 cm³/mol. The van der Waals surface area contributed by atoms with E-state index in [1.807, 2.05) is 30.5 Å². The molecule has 2 aromatic heterocycles. The molecule has 3 heterocycles. The van der Waals surface area contributed by atoms with Crippen molar-refractivity contribution >= 4 is 23.2 Å². The van der Waals surface area contributed by atoms with Crippen LogP contribution in [0, 0.1) is 13.8 Å². The zero-order valence-corrected chi connectivity index (χ0v) is 15.8. The van der Waals surface area contributed by atoms with Gasteiger partial charge in [-0.25, -0.2) is 4.98 Å². The summed E-state index contributed by atoms with van der Waals surface area (Å²) in [5, 5.41) is 0. The van der Waals surface area contributed by atoms with Crippen molar-refractivity contribution in [2.45, 2.75) is 32.7 Å². The van der Waals surface area contributed by atoms with E-state index in [2.05, 4.69) is 58.5 Å². The van der Waals surface area contributed by atoms with E-state index in [4.69, 9.17) is 0 Å². The minimum Gasteiger partial charge on any atom is -0.345 e. The van der Waals surface area contributed by atoms with E-state index in [1.54, 1.807) is 0 Å². The van der Waals surface area contributed by atoms with Gasteiger partial charge in [-0.3, -0.25) is 4.98 Å². The number of rotatable bonds is 3. The van der Waals surface area contributed by atoms with Gasteiger partial charge in [-0.1, -0.05) is 18.2 Å². The average molecular weight is 346 g/mol. The van der Waals surface area contributed by atoms with Crippen LogP contribution in [0.3, 0.4) is 0 Å². The van der Waals surface area contributed by atoms with Gasteiger partial charge in [-0.2, -0.15) is 0 Å². The van der Waals surface area contributed by atoms with Gasteiger partial charge in [0.1, 0.15) is 0 Å². The molecular weight excluding hydrogens is 320 g/mol. The fraction of sp³-hybridized carbons (Fsp3) is 0.364. The summed E-state index contributed by atoms with van der Waals surface area (Å²) in [6.07, 6.45) is 8.54. The first kappa shape index (κ1) is 17.0. The summed E-state index contributed by atoms with van der Waals surface area (Å²) in [4.78, 5) is 11.6. The van der Waals surface area contributed by atoms with Gasteiger partial charge in [-0.15, -0.1) is 0 Å². The van der Waals surface area contributed by atoms with Crippen molar-refractivity contribution in [2.75, 3.05) is 20.1 Å². The average Bonchev–Trinajstić information content (AvgIpc) is 2.94. The summed E-state index contributed by atoms with van der Waals surface area (Å²) >= 11 is 0. The maximum Gasteiger partial charge on any atom is 0.0894 e. The van der Waals surface area contributed by atoms with E-state index in [-0.39, 0.29) is 0 Å². The van der Waals surface area contributed by atoms with E-state index < -0.39 is 0 Å². The molecule has 1 saturated heterocycles. The third kappa shape index (κ3) is 3.29. The minimum atomic E-state index is 0.619. The monoisotopic (exact) mass is 346 g/mol. The number of hydrogen-bond acceptors (Lipinski definition) is 3. The zero-order valence-electron chi connectivity index (χ0n) is 15.8. The molecule has 1 aliphatic rings. The van der Waals surface area contributed by atoms with Crippen LogP contribution in [0.4, 0.5) is 0 Å². The van der Waals surface area contributed by atoms with Crippen molar-refractivity contribution in [3.05, 3.63) is 59.2 Å². The van der Waals surface area contributed by atoms with Crippen LogP contribution >= 0.6 is 0 Å². The molecule has 1 fully saturated rings. The maximum atomic E-state index is 4.69. The second-order valence-corrected chi connectivity index (χ2v) is 7.35. The number of piperidine rings is 1. The predicted octanol–water partition coefficient (Wildman–Crippen LogP) is 4.49. The molecule has 0 spiro atoms. The van der Waals surface area contributed by atoms with Crippen molar-refractivity contribution < 1.29 is 0 Å². The molecule has 0 bridgehead atoms. The Morgan fingerprint density at radius 1 is 1.04 bits per heavy atom. The third-order valence-electron chi connectivity index (χ3n) is 5.48. The lowest BCUT2D eigenvalue weighted by molar-refractivity contribution is 0.218.